The average molecular weight is 310 g/mol. The maximum absolute atomic E-state index is 11.7. The minimum atomic E-state index is -0.282. The first kappa shape index (κ1) is 16.7. The molecule has 0 spiro atoms. The Kier molecular flexibility index (Phi) is 6.36. The van der Waals surface area contributed by atoms with Gasteiger partial charge in [0.05, 0.1) is 5.71 Å². The van der Waals surface area contributed by atoms with E-state index in [9.17, 15) is 4.79 Å². The summed E-state index contributed by atoms with van der Waals surface area (Å²) in [5.74, 6) is 0.380. The van der Waals surface area contributed by atoms with E-state index in [1.165, 1.54) is 5.56 Å². The van der Waals surface area contributed by atoms with Gasteiger partial charge in [-0.05, 0) is 36.6 Å². The smallest absolute Gasteiger partial charge is 0.277 e. The van der Waals surface area contributed by atoms with Crippen molar-refractivity contribution in [2.45, 2.75) is 26.7 Å². The summed E-state index contributed by atoms with van der Waals surface area (Å²) in [5.41, 5.74) is 5.58. The number of amides is 1. The van der Waals surface area contributed by atoms with Crippen LogP contribution >= 0.6 is 0 Å². The minimum Gasteiger partial charge on any atom is -0.484 e. The van der Waals surface area contributed by atoms with Crippen LogP contribution in [0.4, 0.5) is 0 Å². The van der Waals surface area contributed by atoms with Gasteiger partial charge in [-0.25, -0.2) is 5.43 Å². The van der Waals surface area contributed by atoms with E-state index in [0.29, 0.717) is 5.75 Å². The molecule has 2 aromatic carbocycles. The second-order valence-electron chi connectivity index (χ2n) is 5.28. The zero-order valence-corrected chi connectivity index (χ0v) is 13.6. The highest BCUT2D eigenvalue weighted by Gasteiger charge is 2.03. The molecule has 0 bridgehead atoms. The lowest BCUT2D eigenvalue weighted by Gasteiger charge is -2.06. The zero-order chi connectivity index (χ0) is 16.5. The summed E-state index contributed by atoms with van der Waals surface area (Å²) in [5, 5.41) is 4.12. The number of carbonyl (C=O) groups excluding carboxylic acids is 1. The Labute approximate surface area is 137 Å². The lowest BCUT2D eigenvalue weighted by Crippen LogP contribution is -2.25. The van der Waals surface area contributed by atoms with Gasteiger partial charge in [-0.1, -0.05) is 55.8 Å². The monoisotopic (exact) mass is 310 g/mol. The van der Waals surface area contributed by atoms with Gasteiger partial charge >= 0.3 is 0 Å². The van der Waals surface area contributed by atoms with Crippen LogP contribution in [0.5, 0.6) is 5.75 Å². The number of ether oxygens (including phenoxy) is 1. The Bertz CT molecular complexity index is 649. The summed E-state index contributed by atoms with van der Waals surface area (Å²) in [6, 6.07) is 17.5. The SMILES string of the molecule is CCCc1ccc(C(C)=NNC(=O)COc2ccccc2)cc1. The first-order valence-electron chi connectivity index (χ1n) is 7.79. The van der Waals surface area contributed by atoms with E-state index in [1.54, 1.807) is 12.1 Å². The quantitative estimate of drug-likeness (QED) is 0.628. The van der Waals surface area contributed by atoms with E-state index in [4.69, 9.17) is 4.74 Å². The second-order valence-corrected chi connectivity index (χ2v) is 5.28. The molecule has 4 nitrogen and oxygen atoms in total. The highest BCUT2D eigenvalue weighted by Crippen LogP contribution is 2.08. The molecule has 2 rings (SSSR count). The molecule has 0 saturated heterocycles. The van der Waals surface area contributed by atoms with Crippen LogP contribution in [0.2, 0.25) is 0 Å². The Balaban J connectivity index is 1.84. The largest absolute Gasteiger partial charge is 0.484 e. The molecule has 0 aliphatic rings. The molecule has 2 aromatic rings. The van der Waals surface area contributed by atoms with Gasteiger partial charge in [0.1, 0.15) is 5.75 Å². The number of nitrogens with one attached hydrogen (secondary N) is 1. The number of rotatable bonds is 7. The molecule has 1 N–H and O–H groups in total. The van der Waals surface area contributed by atoms with E-state index in [1.807, 2.05) is 37.3 Å². The maximum Gasteiger partial charge on any atom is 0.277 e. The number of carbonyl (C=O) groups is 1. The molecule has 120 valence electrons. The molecule has 1 amide bonds. The molecule has 0 radical (unpaired) electrons. The molecular weight excluding hydrogens is 288 g/mol. The van der Waals surface area contributed by atoms with Crippen LogP contribution in [0, 0.1) is 0 Å². The molecule has 0 unspecified atom stereocenters. The van der Waals surface area contributed by atoms with Crippen molar-refractivity contribution >= 4 is 11.6 Å². The van der Waals surface area contributed by atoms with Gasteiger partial charge in [0.2, 0.25) is 0 Å². The van der Waals surface area contributed by atoms with Crippen molar-refractivity contribution in [3.8, 4) is 5.75 Å². The van der Waals surface area contributed by atoms with Crippen LogP contribution < -0.4 is 10.2 Å². The van der Waals surface area contributed by atoms with E-state index >= 15 is 0 Å². The van der Waals surface area contributed by atoms with Crippen molar-refractivity contribution in [3.05, 3.63) is 65.7 Å². The third-order valence-corrected chi connectivity index (χ3v) is 3.37. The van der Waals surface area contributed by atoms with Crippen LogP contribution in [0.15, 0.2) is 59.7 Å². The van der Waals surface area contributed by atoms with Crippen molar-refractivity contribution in [2.24, 2.45) is 5.10 Å². The van der Waals surface area contributed by atoms with Gasteiger partial charge in [0, 0.05) is 0 Å². The fraction of sp³-hybridized carbons (Fsp3) is 0.263. The Morgan fingerprint density at radius 1 is 1.09 bits per heavy atom. The molecular formula is C19H22N2O2. The van der Waals surface area contributed by atoms with Crippen molar-refractivity contribution < 1.29 is 9.53 Å². The Hall–Kier alpha value is -2.62. The maximum atomic E-state index is 11.7. The first-order chi connectivity index (χ1) is 11.2. The van der Waals surface area contributed by atoms with E-state index in [0.717, 1.165) is 24.1 Å². The van der Waals surface area contributed by atoms with Gasteiger partial charge in [-0.2, -0.15) is 5.10 Å². The Morgan fingerprint density at radius 3 is 2.43 bits per heavy atom. The molecule has 0 atom stereocenters. The fourth-order valence-electron chi connectivity index (χ4n) is 2.11. The summed E-state index contributed by atoms with van der Waals surface area (Å²) >= 11 is 0. The first-order valence-corrected chi connectivity index (χ1v) is 7.79. The number of benzene rings is 2. The number of hydrogen-bond acceptors (Lipinski definition) is 3. The van der Waals surface area contributed by atoms with Crippen molar-refractivity contribution in [1.82, 2.24) is 5.43 Å². The summed E-state index contributed by atoms with van der Waals surface area (Å²) in [6.45, 7) is 3.97. The van der Waals surface area contributed by atoms with Crippen molar-refractivity contribution in [2.75, 3.05) is 6.61 Å². The lowest BCUT2D eigenvalue weighted by molar-refractivity contribution is -0.123. The van der Waals surface area contributed by atoms with Gasteiger partial charge in [-0.15, -0.1) is 0 Å². The zero-order valence-electron chi connectivity index (χ0n) is 13.6. The molecule has 0 aliphatic heterocycles. The standard InChI is InChI=1S/C19H22N2O2/c1-3-7-16-10-12-17(13-11-16)15(2)20-21-19(22)14-23-18-8-5-4-6-9-18/h4-6,8-13H,3,7,14H2,1-2H3,(H,21,22). The van der Waals surface area contributed by atoms with Crippen LogP contribution in [0.3, 0.4) is 0 Å². The van der Waals surface area contributed by atoms with E-state index in [2.05, 4.69) is 29.6 Å². The third-order valence-electron chi connectivity index (χ3n) is 3.37. The molecule has 4 heteroatoms. The molecule has 0 heterocycles. The van der Waals surface area contributed by atoms with Crippen molar-refractivity contribution in [1.29, 1.82) is 0 Å². The normalized spacial score (nSPS) is 11.1. The van der Waals surface area contributed by atoms with Crippen LogP contribution in [-0.4, -0.2) is 18.2 Å². The lowest BCUT2D eigenvalue weighted by atomic mass is 10.1. The van der Waals surface area contributed by atoms with Crippen LogP contribution in [-0.2, 0) is 11.2 Å². The van der Waals surface area contributed by atoms with Crippen molar-refractivity contribution in [3.63, 3.8) is 0 Å². The molecule has 0 aliphatic carbocycles. The minimum absolute atomic E-state index is 0.0593. The van der Waals surface area contributed by atoms with E-state index < -0.39 is 0 Å². The van der Waals surface area contributed by atoms with E-state index in [-0.39, 0.29) is 12.5 Å². The molecule has 0 aromatic heterocycles. The molecule has 0 fully saturated rings. The number of hydrogen-bond donors (Lipinski definition) is 1. The highest BCUT2D eigenvalue weighted by atomic mass is 16.5. The summed E-state index contributed by atoms with van der Waals surface area (Å²) < 4.78 is 5.37. The molecule has 23 heavy (non-hydrogen) atoms. The van der Waals surface area contributed by atoms with Gasteiger partial charge < -0.3 is 4.74 Å². The fourth-order valence-corrected chi connectivity index (χ4v) is 2.11. The number of hydrazone groups is 1. The summed E-state index contributed by atoms with van der Waals surface area (Å²) in [6.07, 6.45) is 2.20. The molecule has 0 saturated carbocycles. The number of aryl methyl sites for hydroxylation is 1. The van der Waals surface area contributed by atoms with Gasteiger partial charge in [0.25, 0.3) is 5.91 Å². The predicted molar refractivity (Wildman–Crippen MR) is 92.7 cm³/mol. The Morgan fingerprint density at radius 2 is 1.78 bits per heavy atom. The van der Waals surface area contributed by atoms with Crippen LogP contribution in [0.1, 0.15) is 31.4 Å². The van der Waals surface area contributed by atoms with Crippen LogP contribution in [0.25, 0.3) is 0 Å². The second kappa shape index (κ2) is 8.73. The van der Waals surface area contributed by atoms with Gasteiger partial charge in [-0.3, -0.25) is 4.79 Å². The number of nitrogens with zero attached hydrogens (tertiary/aromatic N) is 1. The highest BCUT2D eigenvalue weighted by molar-refractivity contribution is 5.99. The summed E-state index contributed by atoms with van der Waals surface area (Å²) in [7, 11) is 0. The topological polar surface area (TPSA) is 50.7 Å². The average Bonchev–Trinajstić information content (AvgIpc) is 2.59. The number of para-hydroxylation sites is 1. The predicted octanol–water partition coefficient (Wildman–Crippen LogP) is 3.56. The third kappa shape index (κ3) is 5.58. The summed E-state index contributed by atoms with van der Waals surface area (Å²) in [4.78, 5) is 11.7. The van der Waals surface area contributed by atoms with Gasteiger partial charge in [0.15, 0.2) is 6.61 Å².